The summed E-state index contributed by atoms with van der Waals surface area (Å²) in [6, 6.07) is 67.8. The third-order valence-electron chi connectivity index (χ3n) is 14.5. The molecule has 512 valence electrons. The van der Waals surface area contributed by atoms with Crippen LogP contribution in [-0.2, 0) is 0 Å². The van der Waals surface area contributed by atoms with Crippen molar-refractivity contribution < 1.29 is 0 Å². The molecule has 0 atom stereocenters. The molecular weight excluding hydrogens is 1290 g/mol. The molecule has 16 rings (SSSR count). The highest BCUT2D eigenvalue weighted by molar-refractivity contribution is 5.64. The van der Waals surface area contributed by atoms with Crippen LogP contribution in [0.4, 0.5) is 0 Å². The Morgan fingerprint density at radius 1 is 0.183 bits per heavy atom. The summed E-state index contributed by atoms with van der Waals surface area (Å²) in [5.41, 5.74) is 19.1. The molecule has 0 bridgehead atoms. The zero-order chi connectivity index (χ0) is 72.8. The van der Waals surface area contributed by atoms with Gasteiger partial charge in [-0.2, -0.15) is 0 Å². The summed E-state index contributed by atoms with van der Waals surface area (Å²) in [7, 11) is 0. The summed E-state index contributed by atoms with van der Waals surface area (Å²) in [6.45, 7) is 15.5. The molecule has 14 heterocycles. The molecule has 104 heavy (non-hydrogen) atoms. The van der Waals surface area contributed by atoms with Gasteiger partial charge < -0.3 is 0 Å². The van der Waals surface area contributed by atoms with Gasteiger partial charge in [-0.3, -0.25) is 54.8 Å². The van der Waals surface area contributed by atoms with Gasteiger partial charge in [0.1, 0.15) is 42.1 Å². The number of pyridine rings is 11. The minimum atomic E-state index is 0.619. The van der Waals surface area contributed by atoms with E-state index in [2.05, 4.69) is 148 Å². The minimum absolute atomic E-state index is 0.619. The Morgan fingerprint density at radius 3 is 0.981 bits per heavy atom. The Hall–Kier alpha value is -13.9. The van der Waals surface area contributed by atoms with Crippen molar-refractivity contribution in [3.63, 3.8) is 0 Å². The molecule has 2 aromatic carbocycles. The molecule has 14 aromatic heterocycles. The molecule has 0 radical (unpaired) electrons. The number of aromatic nitrogens is 20. The van der Waals surface area contributed by atoms with Gasteiger partial charge in [0.2, 0.25) is 0 Å². The predicted octanol–water partition coefficient (Wildman–Crippen LogP) is 17.2. The highest BCUT2D eigenvalue weighted by Gasteiger charge is 2.05. The van der Waals surface area contributed by atoms with E-state index in [1.807, 2.05) is 250 Å². The van der Waals surface area contributed by atoms with Crippen molar-refractivity contribution in [3.8, 4) is 90.2 Å². The molecule has 0 aliphatic carbocycles. The van der Waals surface area contributed by atoms with Crippen molar-refractivity contribution in [1.82, 2.24) is 99.7 Å². The van der Waals surface area contributed by atoms with E-state index in [-0.39, 0.29) is 0 Å². The zero-order valence-corrected chi connectivity index (χ0v) is 59.0. The van der Waals surface area contributed by atoms with E-state index in [0.29, 0.717) is 29.1 Å². The molecule has 20 nitrogen and oxygen atoms in total. The molecule has 0 fully saturated rings. The van der Waals surface area contributed by atoms with Gasteiger partial charge in [0.25, 0.3) is 0 Å². The van der Waals surface area contributed by atoms with Gasteiger partial charge in [-0.15, -0.1) is 0 Å². The van der Waals surface area contributed by atoms with Gasteiger partial charge in [0.15, 0.2) is 17.5 Å². The smallest absolute Gasteiger partial charge is 0.181 e. The number of nitrogens with zero attached hydrogens (tertiary/aromatic N) is 20. The van der Waals surface area contributed by atoms with Crippen LogP contribution in [-0.4, -0.2) is 99.7 Å². The number of benzene rings is 2. The number of hydrogen-bond donors (Lipinski definition) is 0. The standard InChI is InChI=1S/2C12H11N.3C11H10N2.3C9H8N4/c1-10-7-8-12(9-13-10)11-5-3-2-4-6-11;1-10-7-8-12(13-9-10)11-5-3-2-4-6-11;1-9-2-3-11(8-13-9)10-4-6-12-7-5-10;1-9-4-5-11(8-13-9)10-3-2-6-12-7-10;1-9-5-6-10(8-13-9)11-4-2-3-7-12-11;1-7-11-6-12-9(13-7)8-2-4-10-5-3-8;1-7-11-6-12-9(13-7)8-3-2-4-10-5-8;1-7-11-6-12-9(13-7)8-4-2-3-5-10-8/h2*2-9H,1H3;3*2-8H,1H3;3*2-6H,1H3. The molecule has 0 N–H and O–H groups in total. The van der Waals surface area contributed by atoms with Gasteiger partial charge in [-0.25, -0.2) is 44.9 Å². The molecule has 20 heteroatoms. The fourth-order valence-electron chi connectivity index (χ4n) is 9.05. The Morgan fingerprint density at radius 2 is 0.558 bits per heavy atom. The van der Waals surface area contributed by atoms with Crippen LogP contribution >= 0.6 is 0 Å². The molecule has 0 saturated carbocycles. The lowest BCUT2D eigenvalue weighted by molar-refractivity contribution is 0.974. The normalized spacial score (nSPS) is 9.92. The third kappa shape index (κ3) is 25.4. The maximum absolute atomic E-state index is 4.35. The maximum atomic E-state index is 4.35. The lowest BCUT2D eigenvalue weighted by Crippen LogP contribution is -1.95. The predicted molar refractivity (Wildman–Crippen MR) is 409 cm³/mol. The average molecular weight is 1370 g/mol. The van der Waals surface area contributed by atoms with Crippen molar-refractivity contribution in [2.75, 3.05) is 0 Å². The van der Waals surface area contributed by atoms with Crippen molar-refractivity contribution in [2.45, 2.75) is 55.4 Å². The summed E-state index contributed by atoms with van der Waals surface area (Å²) in [5, 5.41) is 0. The van der Waals surface area contributed by atoms with Crippen molar-refractivity contribution >= 4 is 0 Å². The molecule has 0 amide bonds. The SMILES string of the molecule is Cc1ccc(-c2ccccc2)cn1.Cc1ccc(-c2ccccc2)nc1.Cc1ccc(-c2ccccn2)cn1.Cc1ccc(-c2cccnc2)cn1.Cc1ccc(-c2ccncc2)cn1.Cc1ncnc(-c2ccccn2)n1.Cc1ncnc(-c2cccnc2)n1.Cc1ncnc(-c2ccncc2)n1. The molecule has 0 unspecified atom stereocenters. The van der Waals surface area contributed by atoms with Crippen LogP contribution in [0.5, 0.6) is 0 Å². The summed E-state index contributed by atoms with van der Waals surface area (Å²) < 4.78 is 0. The van der Waals surface area contributed by atoms with Crippen LogP contribution < -0.4 is 0 Å². The molecule has 0 spiro atoms. The van der Waals surface area contributed by atoms with E-state index in [9.17, 15) is 0 Å². The minimum Gasteiger partial charge on any atom is -0.265 e. The first-order valence-corrected chi connectivity index (χ1v) is 33.0. The highest BCUT2D eigenvalue weighted by atomic mass is 15.0. The molecule has 0 aliphatic heterocycles. The lowest BCUT2D eigenvalue weighted by Gasteiger charge is -2.00. The Balaban J connectivity index is 0.000000138. The van der Waals surface area contributed by atoms with E-state index in [4.69, 9.17) is 0 Å². The van der Waals surface area contributed by atoms with E-state index < -0.39 is 0 Å². The van der Waals surface area contributed by atoms with Crippen LogP contribution in [0, 0.1) is 55.4 Å². The number of hydrogen-bond acceptors (Lipinski definition) is 20. The monoisotopic (exact) mass is 1360 g/mol. The fourth-order valence-corrected chi connectivity index (χ4v) is 9.05. The number of rotatable bonds is 8. The van der Waals surface area contributed by atoms with E-state index in [0.717, 1.165) is 84.6 Å². The van der Waals surface area contributed by atoms with E-state index in [1.54, 1.807) is 55.8 Å². The van der Waals surface area contributed by atoms with Crippen molar-refractivity contribution in [1.29, 1.82) is 0 Å². The van der Waals surface area contributed by atoms with Crippen molar-refractivity contribution in [2.24, 2.45) is 0 Å². The first kappa shape index (κ1) is 74.3. The Labute approximate surface area is 606 Å². The van der Waals surface area contributed by atoms with Crippen LogP contribution in [0.3, 0.4) is 0 Å². The average Bonchev–Trinajstić information content (AvgIpc) is 1.01. The zero-order valence-electron chi connectivity index (χ0n) is 59.0. The summed E-state index contributed by atoms with van der Waals surface area (Å²) >= 11 is 0. The largest absolute Gasteiger partial charge is 0.265 e. The van der Waals surface area contributed by atoms with Gasteiger partial charge >= 0.3 is 0 Å². The molecule has 0 saturated heterocycles. The van der Waals surface area contributed by atoms with Crippen LogP contribution in [0.15, 0.2) is 318 Å². The fraction of sp³-hybridized carbons (Fsp3) is 0.0952. The topological polar surface area (TPSA) is 258 Å². The van der Waals surface area contributed by atoms with Crippen LogP contribution in [0.1, 0.15) is 45.8 Å². The second-order valence-corrected chi connectivity index (χ2v) is 22.7. The summed E-state index contributed by atoms with van der Waals surface area (Å²) in [5.74, 6) is 4.12. The third-order valence-corrected chi connectivity index (χ3v) is 14.5. The first-order valence-electron chi connectivity index (χ1n) is 33.0. The van der Waals surface area contributed by atoms with Crippen LogP contribution in [0.25, 0.3) is 90.2 Å². The van der Waals surface area contributed by atoms with Crippen LogP contribution in [0.2, 0.25) is 0 Å². The second kappa shape index (κ2) is 40.9. The summed E-state index contributed by atoms with van der Waals surface area (Å²) in [4.78, 5) is 82.0. The van der Waals surface area contributed by atoms with Gasteiger partial charge in [0, 0.05) is 160 Å². The highest BCUT2D eigenvalue weighted by Crippen LogP contribution is 2.21. The summed E-state index contributed by atoms with van der Waals surface area (Å²) in [6.07, 6.45) is 31.5. The van der Waals surface area contributed by atoms with Gasteiger partial charge in [-0.05, 0) is 175 Å². The van der Waals surface area contributed by atoms with Gasteiger partial charge in [-0.1, -0.05) is 103 Å². The number of aryl methyl sites for hydroxylation is 8. The first-order chi connectivity index (χ1) is 50.9. The second-order valence-electron chi connectivity index (χ2n) is 22.7. The molecular formula is C84H76N20. The Bertz CT molecular complexity index is 4370. The Kier molecular flexibility index (Phi) is 29.2. The van der Waals surface area contributed by atoms with E-state index >= 15 is 0 Å². The van der Waals surface area contributed by atoms with E-state index in [1.165, 1.54) is 41.2 Å². The van der Waals surface area contributed by atoms with Crippen molar-refractivity contribution in [3.05, 3.63) is 364 Å². The molecule has 16 aromatic rings. The molecule has 0 aliphatic rings. The lowest BCUT2D eigenvalue weighted by atomic mass is 10.1. The van der Waals surface area contributed by atoms with Gasteiger partial charge in [0.05, 0.1) is 11.4 Å². The quantitative estimate of drug-likeness (QED) is 0.137. The maximum Gasteiger partial charge on any atom is 0.181 e.